The molecular formula is C21H22N4O7. The molecule has 11 heteroatoms. The van der Waals surface area contributed by atoms with Crippen LogP contribution < -0.4 is 9.64 Å². The monoisotopic (exact) mass is 442 g/mol. The zero-order valence-corrected chi connectivity index (χ0v) is 17.4. The Labute approximate surface area is 183 Å². The Bertz CT molecular complexity index is 1050. The molecule has 1 amide bonds. The van der Waals surface area contributed by atoms with Crippen LogP contribution in [0, 0.1) is 27.2 Å². The third-order valence-electron chi connectivity index (χ3n) is 5.25. The molecule has 1 aliphatic rings. The predicted molar refractivity (Wildman–Crippen MR) is 115 cm³/mol. The van der Waals surface area contributed by atoms with Crippen molar-refractivity contribution in [1.82, 2.24) is 4.90 Å². The zero-order valence-electron chi connectivity index (χ0n) is 17.4. The predicted octanol–water partition coefficient (Wildman–Crippen LogP) is 2.74. The lowest BCUT2D eigenvalue weighted by Gasteiger charge is -2.35. The van der Waals surface area contributed by atoms with Crippen LogP contribution in [-0.2, 0) is 4.79 Å². The fraction of sp³-hybridized carbons (Fsp3) is 0.333. The van der Waals surface area contributed by atoms with Crippen molar-refractivity contribution in [3.8, 4) is 5.75 Å². The minimum atomic E-state index is -0.516. The quantitative estimate of drug-likeness (QED) is 0.346. The Morgan fingerprint density at radius 3 is 2.38 bits per heavy atom. The van der Waals surface area contributed by atoms with E-state index >= 15 is 0 Å². The normalized spacial score (nSPS) is 13.5. The van der Waals surface area contributed by atoms with Gasteiger partial charge < -0.3 is 14.5 Å². The lowest BCUT2D eigenvalue weighted by molar-refractivity contribution is -0.385. The first kappa shape index (κ1) is 22.7. The molecule has 0 N–H and O–H groups in total. The highest BCUT2D eigenvalue weighted by Gasteiger charge is 2.26. The number of ether oxygens (including phenoxy) is 1. The van der Waals surface area contributed by atoms with Gasteiger partial charge in [0.2, 0.25) is 5.91 Å². The fourth-order valence-electron chi connectivity index (χ4n) is 3.54. The molecule has 1 fully saturated rings. The molecule has 0 aromatic heterocycles. The fourth-order valence-corrected chi connectivity index (χ4v) is 3.54. The van der Waals surface area contributed by atoms with Gasteiger partial charge in [-0.1, -0.05) is 0 Å². The molecule has 0 saturated carbocycles. The first-order valence-electron chi connectivity index (χ1n) is 9.94. The summed E-state index contributed by atoms with van der Waals surface area (Å²) in [5.41, 5.74) is 1.11. The maximum absolute atomic E-state index is 12.5. The van der Waals surface area contributed by atoms with Crippen molar-refractivity contribution in [2.24, 2.45) is 0 Å². The highest BCUT2D eigenvalue weighted by Crippen LogP contribution is 2.30. The van der Waals surface area contributed by atoms with E-state index in [1.807, 2.05) is 4.90 Å². The lowest BCUT2D eigenvalue weighted by atomic mass is 10.1. The number of rotatable bonds is 8. The molecule has 0 spiro atoms. The van der Waals surface area contributed by atoms with E-state index in [0.29, 0.717) is 49.5 Å². The Morgan fingerprint density at radius 1 is 1.06 bits per heavy atom. The maximum atomic E-state index is 12.5. The van der Waals surface area contributed by atoms with Crippen LogP contribution in [0.1, 0.15) is 22.3 Å². The summed E-state index contributed by atoms with van der Waals surface area (Å²) < 4.78 is 5.60. The SMILES string of the molecule is Cc1cc([N+](=O)[O-])ccc1OCCC(=O)N1CCN(c2ccc(C=O)cc2[N+](=O)[O-])CC1. The molecule has 1 saturated heterocycles. The maximum Gasteiger partial charge on any atom is 0.293 e. The number of benzene rings is 2. The van der Waals surface area contributed by atoms with Crippen LogP contribution in [0.5, 0.6) is 5.75 Å². The topological polar surface area (TPSA) is 136 Å². The van der Waals surface area contributed by atoms with Crippen LogP contribution in [0.25, 0.3) is 0 Å². The number of hydrogen-bond acceptors (Lipinski definition) is 8. The molecular weight excluding hydrogens is 420 g/mol. The van der Waals surface area contributed by atoms with Gasteiger partial charge in [-0.05, 0) is 30.7 Å². The van der Waals surface area contributed by atoms with Crippen LogP contribution in [0.4, 0.5) is 17.1 Å². The number of hydrogen-bond donors (Lipinski definition) is 0. The van der Waals surface area contributed by atoms with Crippen LogP contribution in [0.2, 0.25) is 0 Å². The second kappa shape index (κ2) is 9.86. The van der Waals surface area contributed by atoms with E-state index in [-0.39, 0.29) is 35.9 Å². The molecule has 0 bridgehead atoms. The van der Waals surface area contributed by atoms with Crippen molar-refractivity contribution in [2.45, 2.75) is 13.3 Å². The Morgan fingerprint density at radius 2 is 1.78 bits per heavy atom. The number of nitrogens with zero attached hydrogens (tertiary/aromatic N) is 4. The molecule has 11 nitrogen and oxygen atoms in total. The van der Waals surface area contributed by atoms with Gasteiger partial charge in [0.05, 0.1) is 22.9 Å². The summed E-state index contributed by atoms with van der Waals surface area (Å²) in [6.07, 6.45) is 0.707. The molecule has 0 aliphatic carbocycles. The van der Waals surface area contributed by atoms with Crippen molar-refractivity contribution >= 4 is 29.3 Å². The average molecular weight is 442 g/mol. The van der Waals surface area contributed by atoms with E-state index in [2.05, 4.69) is 0 Å². The first-order valence-corrected chi connectivity index (χ1v) is 9.94. The second-order valence-corrected chi connectivity index (χ2v) is 7.30. The molecule has 3 rings (SSSR count). The largest absolute Gasteiger partial charge is 0.493 e. The number of nitro groups is 2. The molecule has 2 aromatic carbocycles. The number of aldehydes is 1. The van der Waals surface area contributed by atoms with Crippen molar-refractivity contribution in [3.63, 3.8) is 0 Å². The van der Waals surface area contributed by atoms with Crippen LogP contribution in [0.3, 0.4) is 0 Å². The van der Waals surface area contributed by atoms with E-state index < -0.39 is 9.85 Å². The van der Waals surface area contributed by atoms with Gasteiger partial charge in [-0.25, -0.2) is 0 Å². The van der Waals surface area contributed by atoms with E-state index in [1.54, 1.807) is 17.9 Å². The molecule has 1 aliphatic heterocycles. The first-order chi connectivity index (χ1) is 15.3. The minimum Gasteiger partial charge on any atom is -0.493 e. The Kier molecular flexibility index (Phi) is 6.98. The van der Waals surface area contributed by atoms with E-state index in [1.165, 1.54) is 30.3 Å². The number of amides is 1. The van der Waals surface area contributed by atoms with Crippen molar-refractivity contribution < 1.29 is 24.2 Å². The van der Waals surface area contributed by atoms with Crippen molar-refractivity contribution in [3.05, 3.63) is 67.8 Å². The van der Waals surface area contributed by atoms with Gasteiger partial charge in [0, 0.05) is 49.9 Å². The van der Waals surface area contributed by atoms with Gasteiger partial charge in [0.1, 0.15) is 17.7 Å². The molecule has 0 unspecified atom stereocenters. The summed E-state index contributed by atoms with van der Waals surface area (Å²) in [5.74, 6) is 0.384. The lowest BCUT2D eigenvalue weighted by Crippen LogP contribution is -2.49. The number of carbonyl (C=O) groups is 2. The summed E-state index contributed by atoms with van der Waals surface area (Å²) >= 11 is 0. The zero-order chi connectivity index (χ0) is 23.3. The van der Waals surface area contributed by atoms with E-state index in [9.17, 15) is 29.8 Å². The Hall–Kier alpha value is -4.02. The van der Waals surface area contributed by atoms with Gasteiger partial charge >= 0.3 is 0 Å². The minimum absolute atomic E-state index is 0.0233. The standard InChI is InChI=1S/C21H22N4O7/c1-15-12-17(24(28)29)3-5-20(15)32-11-6-21(27)23-9-7-22(8-10-23)18-4-2-16(14-26)13-19(18)25(30)31/h2-5,12-14H,6-11H2,1H3. The van der Waals surface area contributed by atoms with Gasteiger partial charge in [0.25, 0.3) is 11.4 Å². The molecule has 1 heterocycles. The number of anilines is 1. The summed E-state index contributed by atoms with van der Waals surface area (Å²) in [6, 6.07) is 8.61. The van der Waals surface area contributed by atoms with Gasteiger partial charge in [0.15, 0.2) is 0 Å². The number of nitro benzene ring substituents is 2. The Balaban J connectivity index is 1.52. The van der Waals surface area contributed by atoms with Crippen LogP contribution >= 0.6 is 0 Å². The van der Waals surface area contributed by atoms with Crippen molar-refractivity contribution in [1.29, 1.82) is 0 Å². The smallest absolute Gasteiger partial charge is 0.293 e. The molecule has 0 radical (unpaired) electrons. The summed E-state index contributed by atoms with van der Waals surface area (Å²) in [7, 11) is 0. The summed E-state index contributed by atoms with van der Waals surface area (Å²) in [6.45, 7) is 3.50. The highest BCUT2D eigenvalue weighted by atomic mass is 16.6. The van der Waals surface area contributed by atoms with E-state index in [0.717, 1.165) is 0 Å². The van der Waals surface area contributed by atoms with Crippen LogP contribution in [0.15, 0.2) is 36.4 Å². The van der Waals surface area contributed by atoms with Crippen LogP contribution in [-0.4, -0.2) is 59.7 Å². The number of non-ortho nitro benzene ring substituents is 1. The van der Waals surface area contributed by atoms with Gasteiger partial charge in [-0.2, -0.15) is 0 Å². The third-order valence-corrected chi connectivity index (χ3v) is 5.25. The highest BCUT2D eigenvalue weighted by molar-refractivity contribution is 5.80. The summed E-state index contributed by atoms with van der Waals surface area (Å²) in [4.78, 5) is 48.1. The van der Waals surface area contributed by atoms with Gasteiger partial charge in [-0.15, -0.1) is 0 Å². The summed E-state index contributed by atoms with van der Waals surface area (Å²) in [5, 5.41) is 22.2. The second-order valence-electron chi connectivity index (χ2n) is 7.30. The van der Waals surface area contributed by atoms with Crippen molar-refractivity contribution in [2.75, 3.05) is 37.7 Å². The number of aryl methyl sites for hydroxylation is 1. The number of carbonyl (C=O) groups excluding carboxylic acids is 2. The molecule has 0 atom stereocenters. The number of piperazine rings is 1. The average Bonchev–Trinajstić information content (AvgIpc) is 2.79. The molecule has 32 heavy (non-hydrogen) atoms. The van der Waals surface area contributed by atoms with Gasteiger partial charge in [-0.3, -0.25) is 29.8 Å². The molecule has 168 valence electrons. The molecule has 2 aromatic rings. The van der Waals surface area contributed by atoms with E-state index in [4.69, 9.17) is 4.74 Å². The third kappa shape index (κ3) is 5.17.